The number of fused-ring (bicyclic) bond motifs is 2. The molecule has 2 aliphatic heterocycles. The first kappa shape index (κ1) is 13.1. The normalized spacial score (nSPS) is 15.2. The fourth-order valence-electron chi connectivity index (χ4n) is 2.85. The summed E-state index contributed by atoms with van der Waals surface area (Å²) in [5.41, 5.74) is 2.60. The molecule has 0 unspecified atom stereocenters. The highest BCUT2D eigenvalue weighted by molar-refractivity contribution is 5.95. The Kier molecular flexibility index (Phi) is 3.00. The minimum Gasteiger partial charge on any atom is -0.454 e. The van der Waals surface area contributed by atoms with Gasteiger partial charge < -0.3 is 19.5 Å². The summed E-state index contributed by atoms with van der Waals surface area (Å²) in [7, 11) is 0. The van der Waals surface area contributed by atoms with Crippen molar-refractivity contribution < 1.29 is 19.4 Å². The van der Waals surface area contributed by atoms with Gasteiger partial charge in [0.1, 0.15) is 0 Å². The first-order chi connectivity index (χ1) is 10.8. The Morgan fingerprint density at radius 2 is 2.14 bits per heavy atom. The Balaban J connectivity index is 1.55. The van der Waals surface area contributed by atoms with E-state index in [2.05, 4.69) is 5.10 Å². The largest absolute Gasteiger partial charge is 0.454 e. The van der Waals surface area contributed by atoms with Gasteiger partial charge in [-0.3, -0.25) is 9.48 Å². The fraction of sp³-hybridized carbons (Fsp3) is 0.333. The average Bonchev–Trinajstić information content (AvgIpc) is 3.22. The van der Waals surface area contributed by atoms with Crippen LogP contribution in [0.25, 0.3) is 0 Å². The molecule has 0 spiro atoms. The van der Waals surface area contributed by atoms with Crippen molar-refractivity contribution in [2.45, 2.75) is 19.6 Å². The molecule has 7 nitrogen and oxygen atoms in total. The molecule has 7 heteroatoms. The van der Waals surface area contributed by atoms with Crippen LogP contribution in [0.15, 0.2) is 24.4 Å². The quantitative estimate of drug-likeness (QED) is 0.905. The molecule has 3 heterocycles. The number of aliphatic hydroxyl groups is 1. The van der Waals surface area contributed by atoms with Gasteiger partial charge in [0, 0.05) is 17.7 Å². The van der Waals surface area contributed by atoms with Crippen molar-refractivity contribution in [3.05, 3.63) is 41.2 Å². The first-order valence-electron chi connectivity index (χ1n) is 7.09. The van der Waals surface area contributed by atoms with Gasteiger partial charge in [-0.1, -0.05) is 0 Å². The number of nitrogens with zero attached hydrogens (tertiary/aromatic N) is 3. The lowest BCUT2D eigenvalue weighted by Crippen LogP contribution is -2.26. The van der Waals surface area contributed by atoms with Crippen molar-refractivity contribution in [1.29, 1.82) is 0 Å². The zero-order valence-corrected chi connectivity index (χ0v) is 11.9. The van der Waals surface area contributed by atoms with E-state index in [9.17, 15) is 4.79 Å². The number of aromatic nitrogens is 2. The molecule has 0 radical (unpaired) electrons. The number of carbonyl (C=O) groups is 1. The maximum Gasteiger partial charge on any atom is 0.254 e. The summed E-state index contributed by atoms with van der Waals surface area (Å²) in [5, 5.41) is 13.3. The smallest absolute Gasteiger partial charge is 0.254 e. The molecule has 0 fully saturated rings. The maximum absolute atomic E-state index is 12.6. The van der Waals surface area contributed by atoms with E-state index < -0.39 is 0 Å². The highest BCUT2D eigenvalue weighted by Crippen LogP contribution is 2.33. The van der Waals surface area contributed by atoms with Gasteiger partial charge in [0.25, 0.3) is 5.91 Å². The van der Waals surface area contributed by atoms with E-state index in [1.807, 2.05) is 0 Å². The minimum atomic E-state index is -0.0509. The molecule has 22 heavy (non-hydrogen) atoms. The topological polar surface area (TPSA) is 76.8 Å². The van der Waals surface area contributed by atoms with Crippen molar-refractivity contribution in [2.24, 2.45) is 0 Å². The van der Waals surface area contributed by atoms with Gasteiger partial charge in [0.15, 0.2) is 11.5 Å². The molecule has 1 amide bonds. The molecule has 2 aliphatic rings. The lowest BCUT2D eigenvalue weighted by molar-refractivity contribution is 0.0747. The van der Waals surface area contributed by atoms with Crippen LogP contribution in [0.1, 0.15) is 21.6 Å². The van der Waals surface area contributed by atoms with Gasteiger partial charge in [-0.15, -0.1) is 0 Å². The number of benzene rings is 1. The van der Waals surface area contributed by atoms with Crippen LogP contribution in [0.3, 0.4) is 0 Å². The van der Waals surface area contributed by atoms with Crippen molar-refractivity contribution in [3.8, 4) is 11.5 Å². The van der Waals surface area contributed by atoms with Crippen LogP contribution < -0.4 is 9.47 Å². The molecule has 1 N–H and O–H groups in total. The molecule has 1 aromatic heterocycles. The SMILES string of the molecule is O=C(c1ccc2c(c1)OCO2)N1Cc2cnn(CCO)c2C1. The summed E-state index contributed by atoms with van der Waals surface area (Å²) in [6.07, 6.45) is 1.76. The Morgan fingerprint density at radius 3 is 3.00 bits per heavy atom. The highest BCUT2D eigenvalue weighted by Gasteiger charge is 2.28. The molecule has 0 saturated heterocycles. The molecule has 1 aromatic carbocycles. The van der Waals surface area contributed by atoms with E-state index in [-0.39, 0.29) is 19.3 Å². The fourth-order valence-corrected chi connectivity index (χ4v) is 2.85. The third kappa shape index (κ3) is 2.01. The monoisotopic (exact) mass is 301 g/mol. The Hall–Kier alpha value is -2.54. The third-order valence-electron chi connectivity index (χ3n) is 3.96. The van der Waals surface area contributed by atoms with E-state index in [0.29, 0.717) is 36.7 Å². The van der Waals surface area contributed by atoms with E-state index in [0.717, 1.165) is 11.3 Å². The van der Waals surface area contributed by atoms with E-state index in [1.54, 1.807) is 34.0 Å². The molecule has 0 aliphatic carbocycles. The van der Waals surface area contributed by atoms with Crippen LogP contribution in [0.4, 0.5) is 0 Å². The molecule has 0 saturated carbocycles. The van der Waals surface area contributed by atoms with Crippen LogP contribution in [0.2, 0.25) is 0 Å². The van der Waals surface area contributed by atoms with Gasteiger partial charge in [0.05, 0.1) is 31.6 Å². The van der Waals surface area contributed by atoms with Crippen LogP contribution in [0, 0.1) is 0 Å². The number of hydrogen-bond acceptors (Lipinski definition) is 5. The summed E-state index contributed by atoms with van der Waals surface area (Å²) in [4.78, 5) is 14.4. The first-order valence-corrected chi connectivity index (χ1v) is 7.09. The lowest BCUT2D eigenvalue weighted by Gasteiger charge is -2.16. The summed E-state index contributed by atoms with van der Waals surface area (Å²) < 4.78 is 12.3. The number of amides is 1. The standard InChI is InChI=1S/C15H15N3O4/c19-4-3-18-12-8-17(7-11(12)6-16-18)15(20)10-1-2-13-14(5-10)22-9-21-13/h1-2,5-6,19H,3-4,7-9H2. The van der Waals surface area contributed by atoms with Crippen molar-refractivity contribution in [1.82, 2.24) is 14.7 Å². The molecule has 114 valence electrons. The van der Waals surface area contributed by atoms with E-state index >= 15 is 0 Å². The number of hydrogen-bond donors (Lipinski definition) is 1. The van der Waals surface area contributed by atoms with E-state index in [1.165, 1.54) is 0 Å². The van der Waals surface area contributed by atoms with Gasteiger partial charge in [-0.05, 0) is 18.2 Å². The second-order valence-corrected chi connectivity index (χ2v) is 5.29. The molecule has 0 atom stereocenters. The number of ether oxygens (including phenoxy) is 2. The van der Waals surface area contributed by atoms with Crippen LogP contribution in [-0.4, -0.2) is 39.1 Å². The summed E-state index contributed by atoms with van der Waals surface area (Å²) >= 11 is 0. The Morgan fingerprint density at radius 1 is 1.27 bits per heavy atom. The Bertz CT molecular complexity index is 740. The number of rotatable bonds is 3. The average molecular weight is 301 g/mol. The molecule has 4 rings (SSSR count). The molecular formula is C15H15N3O4. The summed E-state index contributed by atoms with van der Waals surface area (Å²) in [6, 6.07) is 5.22. The summed E-state index contributed by atoms with van der Waals surface area (Å²) in [5.74, 6) is 1.22. The van der Waals surface area contributed by atoms with Crippen LogP contribution >= 0.6 is 0 Å². The van der Waals surface area contributed by atoms with Crippen molar-refractivity contribution in [3.63, 3.8) is 0 Å². The highest BCUT2D eigenvalue weighted by atomic mass is 16.7. The predicted molar refractivity (Wildman–Crippen MR) is 75.5 cm³/mol. The van der Waals surface area contributed by atoms with Gasteiger partial charge in [0.2, 0.25) is 6.79 Å². The lowest BCUT2D eigenvalue weighted by atomic mass is 10.2. The Labute approximate surface area is 126 Å². The van der Waals surface area contributed by atoms with Crippen molar-refractivity contribution in [2.75, 3.05) is 13.4 Å². The van der Waals surface area contributed by atoms with E-state index in [4.69, 9.17) is 14.6 Å². The van der Waals surface area contributed by atoms with Crippen LogP contribution in [-0.2, 0) is 19.6 Å². The van der Waals surface area contributed by atoms with Gasteiger partial charge >= 0.3 is 0 Å². The predicted octanol–water partition coefficient (Wildman–Crippen LogP) is 0.760. The molecule has 0 bridgehead atoms. The van der Waals surface area contributed by atoms with Gasteiger partial charge in [-0.2, -0.15) is 5.10 Å². The van der Waals surface area contributed by atoms with Crippen molar-refractivity contribution >= 4 is 5.91 Å². The maximum atomic E-state index is 12.6. The number of aliphatic hydroxyl groups excluding tert-OH is 1. The van der Waals surface area contributed by atoms with Gasteiger partial charge in [-0.25, -0.2) is 0 Å². The third-order valence-corrected chi connectivity index (χ3v) is 3.96. The van der Waals surface area contributed by atoms with Crippen LogP contribution in [0.5, 0.6) is 11.5 Å². The molecular weight excluding hydrogens is 286 g/mol. The zero-order chi connectivity index (χ0) is 15.1. The second kappa shape index (κ2) is 5.03. The number of carbonyl (C=O) groups excluding carboxylic acids is 1. The molecule has 2 aromatic rings. The summed E-state index contributed by atoms with van der Waals surface area (Å²) in [6.45, 7) is 1.71. The second-order valence-electron chi connectivity index (χ2n) is 5.29. The zero-order valence-electron chi connectivity index (χ0n) is 11.9. The minimum absolute atomic E-state index is 0.0320.